The van der Waals surface area contributed by atoms with Crippen LogP contribution < -0.4 is 4.72 Å². The minimum atomic E-state index is -4.83. The van der Waals surface area contributed by atoms with Crippen LogP contribution in [0.4, 0.5) is 28.9 Å². The summed E-state index contributed by atoms with van der Waals surface area (Å²) in [6, 6.07) is 4.86. The molecule has 1 N–H and O–H groups in total. The van der Waals surface area contributed by atoms with Gasteiger partial charge in [0.15, 0.2) is 0 Å². The number of nitrogens with one attached hydrogen (secondary N) is 1. The molecule has 0 atom stereocenters. The molecule has 0 amide bonds. The number of aryl methyl sites for hydroxylation is 1. The van der Waals surface area contributed by atoms with Crippen LogP contribution in [0, 0.1) is 22.9 Å². The Balaban J connectivity index is 2.15. The maximum Gasteiger partial charge on any atom is 0.416 e. The second-order valence-electron chi connectivity index (χ2n) is 6.11. The highest BCUT2D eigenvalue weighted by atomic mass is 32.2. The van der Waals surface area contributed by atoms with Gasteiger partial charge in [-0.15, -0.1) is 0 Å². The summed E-state index contributed by atoms with van der Waals surface area (Å²) in [5.41, 5.74) is -2.55. The first-order valence-corrected chi connectivity index (χ1v) is 9.57. The number of hydrogen-bond acceptors (Lipinski definition) is 5. The predicted molar refractivity (Wildman–Crippen MR) is 97.2 cm³/mol. The summed E-state index contributed by atoms with van der Waals surface area (Å²) in [5, 5.41) is 14.9. The van der Waals surface area contributed by atoms with Gasteiger partial charge in [0.1, 0.15) is 10.7 Å². The summed E-state index contributed by atoms with van der Waals surface area (Å²) >= 11 is 0. The Kier molecular flexibility index (Phi) is 5.24. The molecule has 2 aromatic carbocycles. The summed E-state index contributed by atoms with van der Waals surface area (Å²) in [6.45, 7) is 1.22. The fraction of sp³-hybridized carbons (Fsp3) is 0.118. The normalized spacial score (nSPS) is 12.0. The van der Waals surface area contributed by atoms with E-state index in [1.807, 2.05) is 4.72 Å². The first-order valence-electron chi connectivity index (χ1n) is 8.09. The molecule has 0 spiro atoms. The molecule has 3 rings (SSSR count). The number of benzene rings is 2. The van der Waals surface area contributed by atoms with Crippen molar-refractivity contribution in [1.29, 1.82) is 0 Å². The lowest BCUT2D eigenvalue weighted by Crippen LogP contribution is -2.18. The monoisotopic (exact) mass is 444 g/mol. The highest BCUT2D eigenvalue weighted by Crippen LogP contribution is 2.35. The number of nitro benzene ring substituents is 1. The molecule has 0 bridgehead atoms. The van der Waals surface area contributed by atoms with E-state index in [0.717, 1.165) is 16.8 Å². The van der Waals surface area contributed by atoms with Crippen molar-refractivity contribution >= 4 is 21.4 Å². The Morgan fingerprint density at radius 3 is 2.47 bits per heavy atom. The van der Waals surface area contributed by atoms with Crippen molar-refractivity contribution in [3.63, 3.8) is 0 Å². The molecule has 0 aliphatic rings. The number of halogens is 4. The fourth-order valence-corrected chi connectivity index (χ4v) is 3.80. The van der Waals surface area contributed by atoms with E-state index in [1.54, 1.807) is 0 Å². The van der Waals surface area contributed by atoms with E-state index < -0.39 is 48.8 Å². The highest BCUT2D eigenvalue weighted by Gasteiger charge is 2.32. The zero-order valence-electron chi connectivity index (χ0n) is 15.0. The Hall–Kier alpha value is -3.48. The van der Waals surface area contributed by atoms with Crippen LogP contribution >= 0.6 is 0 Å². The maximum absolute atomic E-state index is 14.3. The molecule has 1 heterocycles. The number of nitro groups is 1. The van der Waals surface area contributed by atoms with E-state index in [-0.39, 0.29) is 11.3 Å². The zero-order valence-corrected chi connectivity index (χ0v) is 15.8. The molecule has 0 aliphatic carbocycles. The van der Waals surface area contributed by atoms with Gasteiger partial charge in [0.2, 0.25) is 0 Å². The van der Waals surface area contributed by atoms with Crippen LogP contribution in [0.5, 0.6) is 0 Å². The van der Waals surface area contributed by atoms with Crippen LogP contribution in [0.15, 0.2) is 53.7 Å². The number of alkyl halides is 3. The Bertz CT molecular complexity index is 1230. The SMILES string of the molecule is Cc1cc(F)c(S(=O)(=O)Nc2cc(C(F)(F)F)ccc2-n2cccn2)cc1[N+](=O)[O-]. The van der Waals surface area contributed by atoms with E-state index in [9.17, 15) is 36.1 Å². The van der Waals surface area contributed by atoms with Crippen LogP contribution in [-0.2, 0) is 16.2 Å². The molecule has 158 valence electrons. The third-order valence-corrected chi connectivity index (χ3v) is 5.44. The van der Waals surface area contributed by atoms with Gasteiger partial charge >= 0.3 is 6.18 Å². The van der Waals surface area contributed by atoms with E-state index in [1.165, 1.54) is 25.4 Å². The van der Waals surface area contributed by atoms with Crippen molar-refractivity contribution in [2.45, 2.75) is 18.0 Å². The number of sulfonamides is 1. The van der Waals surface area contributed by atoms with E-state index in [4.69, 9.17) is 0 Å². The minimum absolute atomic E-state index is 0.0707. The van der Waals surface area contributed by atoms with Crippen molar-refractivity contribution < 1.29 is 30.9 Å². The van der Waals surface area contributed by atoms with Gasteiger partial charge in [-0.1, -0.05) is 0 Å². The van der Waals surface area contributed by atoms with Crippen LogP contribution in [0.1, 0.15) is 11.1 Å². The second kappa shape index (κ2) is 7.40. The minimum Gasteiger partial charge on any atom is -0.277 e. The average molecular weight is 444 g/mol. The second-order valence-corrected chi connectivity index (χ2v) is 7.76. The summed E-state index contributed by atoms with van der Waals surface area (Å²) in [6.07, 6.45) is -2.10. The number of aromatic nitrogens is 2. The molecule has 0 saturated heterocycles. The smallest absolute Gasteiger partial charge is 0.277 e. The van der Waals surface area contributed by atoms with Gasteiger partial charge < -0.3 is 0 Å². The van der Waals surface area contributed by atoms with E-state index >= 15 is 0 Å². The predicted octanol–water partition coefficient (Wildman–Crippen LogP) is 4.05. The van der Waals surface area contributed by atoms with Gasteiger partial charge in [0.05, 0.1) is 21.9 Å². The molecule has 0 unspecified atom stereocenters. The number of rotatable bonds is 5. The lowest BCUT2D eigenvalue weighted by molar-refractivity contribution is -0.385. The first kappa shape index (κ1) is 21.2. The average Bonchev–Trinajstić information content (AvgIpc) is 3.14. The molecular weight excluding hydrogens is 432 g/mol. The van der Waals surface area contributed by atoms with Crippen LogP contribution in [-0.4, -0.2) is 23.1 Å². The molecular formula is C17H12F4N4O4S. The van der Waals surface area contributed by atoms with E-state index in [2.05, 4.69) is 5.10 Å². The first-order chi connectivity index (χ1) is 13.9. The Morgan fingerprint density at radius 1 is 1.20 bits per heavy atom. The lowest BCUT2D eigenvalue weighted by atomic mass is 10.1. The molecule has 8 nitrogen and oxygen atoms in total. The number of anilines is 1. The third-order valence-electron chi connectivity index (χ3n) is 4.06. The molecule has 30 heavy (non-hydrogen) atoms. The van der Waals surface area contributed by atoms with Gasteiger partial charge in [0, 0.05) is 24.0 Å². The van der Waals surface area contributed by atoms with Crippen LogP contribution in [0.2, 0.25) is 0 Å². The number of hydrogen-bond donors (Lipinski definition) is 1. The third kappa shape index (κ3) is 4.10. The summed E-state index contributed by atoms with van der Waals surface area (Å²) in [4.78, 5) is 9.09. The van der Waals surface area contributed by atoms with Crippen LogP contribution in [0.25, 0.3) is 5.69 Å². The van der Waals surface area contributed by atoms with E-state index in [0.29, 0.717) is 18.2 Å². The molecule has 0 fully saturated rings. The van der Waals surface area contributed by atoms with Crippen molar-refractivity contribution in [2.75, 3.05) is 4.72 Å². The topological polar surface area (TPSA) is 107 Å². The van der Waals surface area contributed by atoms with Crippen molar-refractivity contribution in [1.82, 2.24) is 9.78 Å². The van der Waals surface area contributed by atoms with Crippen molar-refractivity contribution in [3.05, 3.63) is 75.9 Å². The van der Waals surface area contributed by atoms with Gasteiger partial charge in [-0.3, -0.25) is 14.8 Å². The largest absolute Gasteiger partial charge is 0.416 e. The molecule has 1 aromatic heterocycles. The van der Waals surface area contributed by atoms with Gasteiger partial charge in [-0.25, -0.2) is 17.5 Å². The maximum atomic E-state index is 14.3. The number of nitrogens with zero attached hydrogens (tertiary/aromatic N) is 3. The standard InChI is InChI=1S/C17H12F4N4O4S/c1-10-7-12(18)16(9-15(10)25(26)27)30(28,29)23-13-8-11(17(19,20)21)3-4-14(13)24-6-2-5-22-24/h2-9,23H,1H3. The summed E-state index contributed by atoms with van der Waals surface area (Å²) in [5.74, 6) is -1.29. The summed E-state index contributed by atoms with van der Waals surface area (Å²) in [7, 11) is -4.83. The summed E-state index contributed by atoms with van der Waals surface area (Å²) < 4.78 is 82.0. The Labute approximate surface area is 167 Å². The van der Waals surface area contributed by atoms with Crippen molar-refractivity contribution in [3.8, 4) is 5.69 Å². The quantitative estimate of drug-likeness (QED) is 0.363. The molecule has 3 aromatic rings. The molecule has 0 saturated carbocycles. The Morgan fingerprint density at radius 2 is 1.90 bits per heavy atom. The zero-order chi connectivity index (χ0) is 22.3. The fourth-order valence-electron chi connectivity index (χ4n) is 2.65. The molecule has 0 radical (unpaired) electrons. The van der Waals surface area contributed by atoms with Gasteiger partial charge in [-0.05, 0) is 37.3 Å². The molecule has 13 heteroatoms. The lowest BCUT2D eigenvalue weighted by Gasteiger charge is -2.16. The van der Waals surface area contributed by atoms with Gasteiger partial charge in [0.25, 0.3) is 15.7 Å². The highest BCUT2D eigenvalue weighted by molar-refractivity contribution is 7.92. The van der Waals surface area contributed by atoms with Crippen LogP contribution in [0.3, 0.4) is 0 Å². The molecule has 0 aliphatic heterocycles. The van der Waals surface area contributed by atoms with Crippen molar-refractivity contribution in [2.24, 2.45) is 0 Å². The van der Waals surface area contributed by atoms with Gasteiger partial charge in [-0.2, -0.15) is 18.3 Å².